The van der Waals surface area contributed by atoms with Crippen LogP contribution in [0.1, 0.15) is 5.56 Å². The van der Waals surface area contributed by atoms with Crippen LogP contribution in [0, 0.1) is 0 Å². The van der Waals surface area contributed by atoms with E-state index in [9.17, 15) is 0 Å². The number of aromatic nitrogens is 1. The molecule has 0 saturated carbocycles. The zero-order chi connectivity index (χ0) is 12.8. The molecule has 0 atom stereocenters. The van der Waals surface area contributed by atoms with Crippen molar-refractivity contribution in [1.29, 1.82) is 0 Å². The first-order valence-electron chi connectivity index (χ1n) is 6.22. The highest BCUT2D eigenvalue weighted by Gasteiger charge is 2.15. The van der Waals surface area contributed by atoms with Crippen LogP contribution < -0.4 is 10.5 Å². The Bertz CT molecular complexity index is 777. The molecule has 1 aliphatic heterocycles. The van der Waals surface area contributed by atoms with Gasteiger partial charge in [-0.15, -0.1) is 0 Å². The third-order valence-electron chi connectivity index (χ3n) is 3.35. The molecule has 0 aliphatic carbocycles. The summed E-state index contributed by atoms with van der Waals surface area (Å²) in [7, 11) is 0. The topological polar surface area (TPSA) is 61.3 Å². The molecule has 0 unspecified atom stereocenters. The van der Waals surface area contributed by atoms with Crippen LogP contribution in [0.15, 0.2) is 40.8 Å². The van der Waals surface area contributed by atoms with E-state index >= 15 is 0 Å². The van der Waals surface area contributed by atoms with E-state index in [0.717, 1.165) is 29.9 Å². The highest BCUT2D eigenvalue weighted by molar-refractivity contribution is 5.79. The van der Waals surface area contributed by atoms with E-state index < -0.39 is 0 Å². The number of nitrogens with two attached hydrogens (primary N) is 1. The monoisotopic (exact) mass is 252 g/mol. The van der Waals surface area contributed by atoms with E-state index in [1.807, 2.05) is 24.3 Å². The summed E-state index contributed by atoms with van der Waals surface area (Å²) in [6.07, 6.45) is 0.941. The van der Waals surface area contributed by atoms with Gasteiger partial charge < -0.3 is 14.9 Å². The quantitative estimate of drug-likeness (QED) is 0.676. The summed E-state index contributed by atoms with van der Waals surface area (Å²) in [4.78, 5) is 4.49. The molecule has 2 aromatic carbocycles. The normalized spacial score (nSPS) is 13.5. The molecule has 0 bridgehead atoms. The van der Waals surface area contributed by atoms with Crippen LogP contribution >= 0.6 is 0 Å². The molecule has 0 amide bonds. The molecular formula is C15H12N2O2. The Morgan fingerprint density at radius 2 is 2.05 bits per heavy atom. The fraction of sp³-hybridized carbons (Fsp3) is 0.133. The SMILES string of the molecule is Nc1ccc2nc(-c3ccc4c(c3)CCO4)oc2c1. The van der Waals surface area contributed by atoms with E-state index in [0.29, 0.717) is 17.2 Å². The van der Waals surface area contributed by atoms with Gasteiger partial charge in [0, 0.05) is 23.7 Å². The third-order valence-corrected chi connectivity index (χ3v) is 3.35. The maximum absolute atomic E-state index is 5.76. The minimum absolute atomic E-state index is 0.621. The number of nitrogens with zero attached hydrogens (tertiary/aromatic N) is 1. The first-order valence-corrected chi connectivity index (χ1v) is 6.22. The lowest BCUT2D eigenvalue weighted by molar-refractivity contribution is 0.357. The van der Waals surface area contributed by atoms with Crippen LogP contribution in [-0.2, 0) is 6.42 Å². The van der Waals surface area contributed by atoms with Gasteiger partial charge in [0.25, 0.3) is 0 Å². The minimum atomic E-state index is 0.621. The summed E-state index contributed by atoms with van der Waals surface area (Å²) in [5.41, 5.74) is 10.1. The number of oxazole rings is 1. The van der Waals surface area contributed by atoms with Crippen molar-refractivity contribution in [2.45, 2.75) is 6.42 Å². The van der Waals surface area contributed by atoms with Gasteiger partial charge in [0.05, 0.1) is 6.61 Å². The molecule has 1 aromatic heterocycles. The van der Waals surface area contributed by atoms with Gasteiger partial charge in [0.15, 0.2) is 5.58 Å². The first kappa shape index (κ1) is 10.4. The van der Waals surface area contributed by atoms with Crippen LogP contribution in [0.25, 0.3) is 22.6 Å². The van der Waals surface area contributed by atoms with Crippen LogP contribution in [-0.4, -0.2) is 11.6 Å². The van der Waals surface area contributed by atoms with Crippen molar-refractivity contribution in [2.75, 3.05) is 12.3 Å². The Balaban J connectivity index is 1.85. The molecule has 4 rings (SSSR count). The molecule has 2 heterocycles. The number of anilines is 1. The zero-order valence-corrected chi connectivity index (χ0v) is 10.2. The second kappa shape index (κ2) is 3.75. The van der Waals surface area contributed by atoms with Crippen LogP contribution in [0.5, 0.6) is 5.75 Å². The van der Waals surface area contributed by atoms with Crippen molar-refractivity contribution < 1.29 is 9.15 Å². The van der Waals surface area contributed by atoms with Crippen LogP contribution in [0.4, 0.5) is 5.69 Å². The summed E-state index contributed by atoms with van der Waals surface area (Å²) in [6.45, 7) is 0.753. The maximum Gasteiger partial charge on any atom is 0.227 e. The van der Waals surface area contributed by atoms with Gasteiger partial charge in [0.1, 0.15) is 11.3 Å². The molecule has 3 aromatic rings. The molecular weight excluding hydrogens is 240 g/mol. The third kappa shape index (κ3) is 1.64. The Labute approximate surface area is 109 Å². The molecule has 19 heavy (non-hydrogen) atoms. The molecule has 0 radical (unpaired) electrons. The maximum atomic E-state index is 5.76. The fourth-order valence-corrected chi connectivity index (χ4v) is 2.38. The standard InChI is InChI=1S/C15H12N2O2/c16-11-2-3-12-14(8-11)19-15(17-12)10-1-4-13-9(7-10)5-6-18-13/h1-4,7-8H,5-6,16H2. The second-order valence-electron chi connectivity index (χ2n) is 4.67. The highest BCUT2D eigenvalue weighted by atomic mass is 16.5. The van der Waals surface area contributed by atoms with Gasteiger partial charge in [-0.2, -0.15) is 0 Å². The van der Waals surface area contributed by atoms with Crippen LogP contribution in [0.3, 0.4) is 0 Å². The molecule has 2 N–H and O–H groups in total. The van der Waals surface area contributed by atoms with E-state index in [2.05, 4.69) is 11.1 Å². The molecule has 1 aliphatic rings. The number of hydrogen-bond donors (Lipinski definition) is 1. The summed E-state index contributed by atoms with van der Waals surface area (Å²) >= 11 is 0. The fourth-order valence-electron chi connectivity index (χ4n) is 2.38. The van der Waals surface area contributed by atoms with E-state index in [4.69, 9.17) is 14.9 Å². The van der Waals surface area contributed by atoms with Gasteiger partial charge in [0.2, 0.25) is 5.89 Å². The van der Waals surface area contributed by atoms with Gasteiger partial charge in [-0.05, 0) is 35.9 Å². The van der Waals surface area contributed by atoms with Crippen molar-refractivity contribution in [1.82, 2.24) is 4.98 Å². The van der Waals surface area contributed by atoms with Crippen molar-refractivity contribution in [3.63, 3.8) is 0 Å². The minimum Gasteiger partial charge on any atom is -0.493 e. The first-order chi connectivity index (χ1) is 9.29. The number of rotatable bonds is 1. The predicted molar refractivity (Wildman–Crippen MR) is 73.1 cm³/mol. The Morgan fingerprint density at radius 3 is 3.00 bits per heavy atom. The average Bonchev–Trinajstić information content (AvgIpc) is 3.02. The Kier molecular flexibility index (Phi) is 2.06. The number of nitrogen functional groups attached to an aromatic ring is 1. The number of hydrogen-bond acceptors (Lipinski definition) is 4. The van der Waals surface area contributed by atoms with Crippen molar-refractivity contribution in [3.8, 4) is 17.2 Å². The number of benzene rings is 2. The predicted octanol–water partition coefficient (Wildman–Crippen LogP) is 3.01. The lowest BCUT2D eigenvalue weighted by Crippen LogP contribution is -1.85. The molecule has 94 valence electrons. The Morgan fingerprint density at radius 1 is 1.11 bits per heavy atom. The molecule has 0 fully saturated rings. The number of ether oxygens (including phenoxy) is 1. The molecule has 0 spiro atoms. The van der Waals surface area contributed by atoms with Crippen molar-refractivity contribution in [3.05, 3.63) is 42.0 Å². The van der Waals surface area contributed by atoms with E-state index in [1.165, 1.54) is 5.56 Å². The zero-order valence-electron chi connectivity index (χ0n) is 10.2. The second-order valence-corrected chi connectivity index (χ2v) is 4.67. The summed E-state index contributed by atoms with van der Waals surface area (Å²) in [5, 5.41) is 0. The lowest BCUT2D eigenvalue weighted by atomic mass is 10.1. The van der Waals surface area contributed by atoms with Crippen molar-refractivity contribution >= 4 is 16.8 Å². The summed E-state index contributed by atoms with van der Waals surface area (Å²) in [6, 6.07) is 11.5. The average molecular weight is 252 g/mol. The summed E-state index contributed by atoms with van der Waals surface area (Å²) < 4.78 is 11.3. The van der Waals surface area contributed by atoms with Gasteiger partial charge in [-0.3, -0.25) is 0 Å². The van der Waals surface area contributed by atoms with Gasteiger partial charge in [-0.1, -0.05) is 0 Å². The molecule has 4 nitrogen and oxygen atoms in total. The smallest absolute Gasteiger partial charge is 0.227 e. The van der Waals surface area contributed by atoms with E-state index in [1.54, 1.807) is 6.07 Å². The largest absolute Gasteiger partial charge is 0.493 e. The molecule has 4 heteroatoms. The van der Waals surface area contributed by atoms with Crippen molar-refractivity contribution in [2.24, 2.45) is 0 Å². The van der Waals surface area contributed by atoms with Crippen LogP contribution in [0.2, 0.25) is 0 Å². The summed E-state index contributed by atoms with van der Waals surface area (Å²) in [5.74, 6) is 1.58. The molecule has 0 saturated heterocycles. The van der Waals surface area contributed by atoms with Gasteiger partial charge in [-0.25, -0.2) is 4.98 Å². The van der Waals surface area contributed by atoms with Gasteiger partial charge >= 0.3 is 0 Å². The lowest BCUT2D eigenvalue weighted by Gasteiger charge is -2.00. The van der Waals surface area contributed by atoms with E-state index in [-0.39, 0.29) is 0 Å². The Hall–Kier alpha value is -2.49. The number of fused-ring (bicyclic) bond motifs is 2. The highest BCUT2D eigenvalue weighted by Crippen LogP contribution is 2.31.